The Kier molecular flexibility index (Phi) is 7.20. The van der Waals surface area contributed by atoms with Crippen LogP contribution in [0.25, 0.3) is 0 Å². The number of fused-ring (bicyclic) bond motifs is 4. The van der Waals surface area contributed by atoms with E-state index in [0.29, 0.717) is 17.8 Å². The SMILES string of the molecule is CC(=O)[C@@]1(C#CCO)CC[C@H]2[C@@H]3CC(C)C4=CC(=NO)CCC4=C3[C@@H](c3ccc(N4CCCCC4)cc3)C[C@@]21C. The molecule has 6 rings (SSSR count). The lowest BCUT2D eigenvalue weighted by Crippen LogP contribution is -2.50. The Morgan fingerprint density at radius 3 is 2.58 bits per heavy atom. The predicted octanol–water partition coefficient (Wildman–Crippen LogP) is 6.65. The fourth-order valence-corrected chi connectivity index (χ4v) is 9.50. The molecule has 2 saturated carbocycles. The Bertz CT molecular complexity index is 1320. The van der Waals surface area contributed by atoms with Crippen molar-refractivity contribution in [2.45, 2.75) is 84.5 Å². The van der Waals surface area contributed by atoms with E-state index in [-0.39, 0.29) is 23.7 Å². The van der Waals surface area contributed by atoms with Crippen molar-refractivity contribution in [2.24, 2.45) is 33.7 Å². The summed E-state index contributed by atoms with van der Waals surface area (Å²) >= 11 is 0. The Morgan fingerprint density at radius 2 is 1.90 bits per heavy atom. The Morgan fingerprint density at radius 1 is 1.15 bits per heavy atom. The van der Waals surface area contributed by atoms with Crippen molar-refractivity contribution in [1.29, 1.82) is 0 Å². The lowest BCUT2D eigenvalue weighted by molar-refractivity contribution is -0.130. The first-order valence-electron chi connectivity index (χ1n) is 15.5. The molecule has 5 nitrogen and oxygen atoms in total. The van der Waals surface area contributed by atoms with Crippen molar-refractivity contribution >= 4 is 17.2 Å². The Hall–Kier alpha value is -2.84. The number of carbonyl (C=O) groups excluding carboxylic acids is 1. The van der Waals surface area contributed by atoms with Crippen molar-refractivity contribution in [3.05, 3.63) is 52.6 Å². The van der Waals surface area contributed by atoms with Gasteiger partial charge in [-0.15, -0.1) is 0 Å². The Balaban J connectivity index is 1.49. The molecular weight excluding hydrogens is 496 g/mol. The van der Waals surface area contributed by atoms with Crippen molar-refractivity contribution in [2.75, 3.05) is 24.6 Å². The van der Waals surface area contributed by atoms with Crippen LogP contribution in [0.4, 0.5) is 5.69 Å². The quantitative estimate of drug-likeness (QED) is 0.256. The molecular formula is C35H44N2O3. The van der Waals surface area contributed by atoms with Gasteiger partial charge in [-0.2, -0.15) is 0 Å². The summed E-state index contributed by atoms with van der Waals surface area (Å²) in [5.74, 6) is 7.81. The van der Waals surface area contributed by atoms with E-state index in [4.69, 9.17) is 0 Å². The number of allylic oxidation sites excluding steroid dienone is 4. The molecule has 1 aromatic rings. The molecule has 0 amide bonds. The first-order valence-corrected chi connectivity index (χ1v) is 15.5. The zero-order valence-electron chi connectivity index (χ0n) is 24.4. The maximum Gasteiger partial charge on any atom is 0.148 e. The minimum absolute atomic E-state index is 0.152. The standard InChI is InChI=1S/C35H44N2O3/c1-23-20-30-32-14-16-35(24(2)39,15-7-19-38)34(32,3)22-31(33(30)28-13-10-26(36-40)21-29(23)28)25-8-11-27(12-9-25)37-17-5-4-6-18-37/h8-9,11-12,21,23,30-32,38,40H,4-6,10,13-14,16-20,22H2,1-3H3/t23?,30-,31+,32-,34-,35+/m0/s1. The normalized spacial score (nSPS) is 36.2. The third-order valence-corrected chi connectivity index (χ3v) is 11.4. The second-order valence-corrected chi connectivity index (χ2v) is 13.2. The molecule has 1 saturated heterocycles. The largest absolute Gasteiger partial charge is 0.411 e. The van der Waals surface area contributed by atoms with Crippen LogP contribution in [0.5, 0.6) is 0 Å². The molecule has 40 heavy (non-hydrogen) atoms. The van der Waals surface area contributed by atoms with Crippen LogP contribution in [0.3, 0.4) is 0 Å². The van der Waals surface area contributed by atoms with Crippen LogP contribution in [0, 0.1) is 40.4 Å². The number of piperidine rings is 1. The number of aliphatic hydroxyl groups is 1. The molecule has 1 aromatic carbocycles. The molecule has 0 radical (unpaired) electrons. The number of rotatable bonds is 3. The minimum Gasteiger partial charge on any atom is -0.411 e. The van der Waals surface area contributed by atoms with Gasteiger partial charge >= 0.3 is 0 Å². The maximum atomic E-state index is 13.5. The highest BCUT2D eigenvalue weighted by Gasteiger charge is 2.65. The molecule has 212 valence electrons. The van der Waals surface area contributed by atoms with Crippen molar-refractivity contribution in [3.8, 4) is 11.8 Å². The number of benzene rings is 1. The number of Topliss-reactive ketones (excluding diaryl/α,β-unsaturated/α-hetero) is 1. The van der Waals surface area contributed by atoms with Gasteiger partial charge in [-0.1, -0.05) is 48.5 Å². The molecule has 5 heteroatoms. The lowest BCUT2D eigenvalue weighted by atomic mass is 9.47. The zero-order chi connectivity index (χ0) is 28.1. The topological polar surface area (TPSA) is 73.1 Å². The van der Waals surface area contributed by atoms with Gasteiger partial charge in [0.05, 0.1) is 11.1 Å². The average molecular weight is 541 g/mol. The average Bonchev–Trinajstić information content (AvgIpc) is 3.29. The van der Waals surface area contributed by atoms with Crippen LogP contribution >= 0.6 is 0 Å². The molecule has 2 N–H and O–H groups in total. The third kappa shape index (κ3) is 4.17. The van der Waals surface area contributed by atoms with Crippen LogP contribution in [-0.4, -0.2) is 41.5 Å². The van der Waals surface area contributed by atoms with Crippen molar-refractivity contribution < 1.29 is 15.1 Å². The van der Waals surface area contributed by atoms with E-state index in [2.05, 4.69) is 66.1 Å². The molecule has 1 heterocycles. The van der Waals surface area contributed by atoms with Gasteiger partial charge in [0, 0.05) is 24.7 Å². The van der Waals surface area contributed by atoms with Gasteiger partial charge < -0.3 is 15.2 Å². The molecule has 0 spiro atoms. The first-order chi connectivity index (χ1) is 19.3. The summed E-state index contributed by atoms with van der Waals surface area (Å²) in [4.78, 5) is 16.0. The highest BCUT2D eigenvalue weighted by Crippen LogP contribution is 2.70. The second kappa shape index (κ2) is 10.5. The van der Waals surface area contributed by atoms with Gasteiger partial charge in [0.1, 0.15) is 12.4 Å². The van der Waals surface area contributed by atoms with Crippen LogP contribution in [0.1, 0.15) is 90.0 Å². The first kappa shape index (κ1) is 27.3. The van der Waals surface area contributed by atoms with Gasteiger partial charge in [-0.05, 0) is 123 Å². The van der Waals surface area contributed by atoms with Crippen LogP contribution < -0.4 is 4.90 Å². The summed E-state index contributed by atoms with van der Waals surface area (Å²) in [7, 11) is 0. The van der Waals surface area contributed by atoms with Gasteiger partial charge in [-0.25, -0.2) is 0 Å². The number of oxime groups is 1. The van der Waals surface area contributed by atoms with E-state index < -0.39 is 5.41 Å². The third-order valence-electron chi connectivity index (χ3n) is 11.4. The number of hydrogen-bond donors (Lipinski definition) is 2. The Labute approximate surface area is 239 Å². The molecule has 1 unspecified atom stereocenters. The van der Waals surface area contributed by atoms with Crippen LogP contribution in [0.2, 0.25) is 0 Å². The van der Waals surface area contributed by atoms with Crippen LogP contribution in [0.15, 0.2) is 52.2 Å². The molecule has 0 bridgehead atoms. The fourth-order valence-electron chi connectivity index (χ4n) is 9.50. The van der Waals surface area contributed by atoms with Gasteiger partial charge in [-0.3, -0.25) is 4.79 Å². The number of ketones is 1. The van der Waals surface area contributed by atoms with E-state index in [1.165, 1.54) is 41.7 Å². The number of aliphatic hydroxyl groups excluding tert-OH is 1. The molecule has 3 fully saturated rings. The minimum atomic E-state index is -0.717. The molecule has 4 aliphatic carbocycles. The van der Waals surface area contributed by atoms with E-state index in [9.17, 15) is 15.1 Å². The summed E-state index contributed by atoms with van der Waals surface area (Å²) in [6.07, 6.45) is 11.4. The van der Waals surface area contributed by atoms with Gasteiger partial charge in [0.25, 0.3) is 0 Å². The number of nitrogens with zero attached hydrogens (tertiary/aromatic N) is 2. The van der Waals surface area contributed by atoms with Gasteiger partial charge in [0.15, 0.2) is 0 Å². The van der Waals surface area contributed by atoms with Crippen LogP contribution in [-0.2, 0) is 4.79 Å². The molecule has 5 aliphatic rings. The van der Waals surface area contributed by atoms with E-state index in [1.54, 1.807) is 12.5 Å². The highest BCUT2D eigenvalue weighted by molar-refractivity contribution is 5.97. The van der Waals surface area contributed by atoms with Crippen molar-refractivity contribution in [1.82, 2.24) is 0 Å². The summed E-state index contributed by atoms with van der Waals surface area (Å²) < 4.78 is 0. The number of hydrogen-bond acceptors (Lipinski definition) is 5. The molecule has 1 aliphatic heterocycles. The number of anilines is 1. The fraction of sp³-hybridized carbons (Fsp3) is 0.600. The summed E-state index contributed by atoms with van der Waals surface area (Å²) in [5.41, 5.74) is 6.84. The highest BCUT2D eigenvalue weighted by atomic mass is 16.4. The summed E-state index contributed by atoms with van der Waals surface area (Å²) in [6, 6.07) is 9.32. The summed E-state index contributed by atoms with van der Waals surface area (Å²) in [6.45, 7) is 8.42. The lowest BCUT2D eigenvalue weighted by Gasteiger charge is -2.55. The van der Waals surface area contributed by atoms with Crippen molar-refractivity contribution in [3.63, 3.8) is 0 Å². The second-order valence-electron chi connectivity index (χ2n) is 13.2. The summed E-state index contributed by atoms with van der Waals surface area (Å²) in [5, 5.41) is 22.8. The smallest absolute Gasteiger partial charge is 0.148 e. The van der Waals surface area contributed by atoms with E-state index in [1.807, 2.05) is 0 Å². The van der Waals surface area contributed by atoms with E-state index >= 15 is 0 Å². The predicted molar refractivity (Wildman–Crippen MR) is 160 cm³/mol. The zero-order valence-corrected chi connectivity index (χ0v) is 24.4. The molecule has 6 atom stereocenters. The number of carbonyl (C=O) groups is 1. The van der Waals surface area contributed by atoms with Gasteiger partial charge in [0.2, 0.25) is 0 Å². The van der Waals surface area contributed by atoms with E-state index in [0.717, 1.165) is 57.3 Å². The monoisotopic (exact) mass is 540 g/mol. The molecule has 0 aromatic heterocycles. The maximum absolute atomic E-state index is 13.5.